The number of hydrogen-bond donors (Lipinski definition) is 0. The second-order valence-electron chi connectivity index (χ2n) is 3.79. The number of nitrogens with zero attached hydrogens (tertiary/aromatic N) is 2. The molecule has 122 valence electrons. The van der Waals surface area contributed by atoms with Gasteiger partial charge in [-0.2, -0.15) is 0 Å². The zero-order chi connectivity index (χ0) is 16.2. The van der Waals surface area contributed by atoms with E-state index in [-0.39, 0.29) is 20.4 Å². The van der Waals surface area contributed by atoms with E-state index in [1.54, 1.807) is 12.4 Å². The Hall–Kier alpha value is -2.36. The van der Waals surface area contributed by atoms with Crippen molar-refractivity contribution in [3.8, 4) is 0 Å². The molecule has 2 aromatic heterocycles. The standard InChI is InChI=1S/C12H8N2.2C2H3O2.Pd/c1-3-9-5-6-10-4-2-8-14-12(10)11(9)13-7-1;2*1-4-2-3;/h1-8H;2*1H3;/q;2*-1;+2. The number of methoxy groups -OCH3 is 2. The van der Waals surface area contributed by atoms with Gasteiger partial charge in [0.25, 0.3) is 0 Å². The second-order valence-corrected chi connectivity index (χ2v) is 3.79. The molecule has 7 heteroatoms. The van der Waals surface area contributed by atoms with Gasteiger partial charge in [-0.15, -0.1) is 0 Å². The normalized spacial score (nSPS) is 8.43. The largest absolute Gasteiger partial charge is 2.00 e. The van der Waals surface area contributed by atoms with Gasteiger partial charge in [-0.25, -0.2) is 0 Å². The molecule has 0 aliphatic carbocycles. The van der Waals surface area contributed by atoms with Gasteiger partial charge in [0.05, 0.1) is 11.0 Å². The van der Waals surface area contributed by atoms with Crippen molar-refractivity contribution in [2.45, 2.75) is 0 Å². The van der Waals surface area contributed by atoms with Crippen LogP contribution in [0.4, 0.5) is 0 Å². The fraction of sp³-hybridized carbons (Fsp3) is 0.125. The third kappa shape index (κ3) is 6.51. The van der Waals surface area contributed by atoms with Gasteiger partial charge in [0.15, 0.2) is 0 Å². The number of carbonyl (C=O) groups excluding carboxylic acids is 2. The van der Waals surface area contributed by atoms with E-state index in [2.05, 4.69) is 43.7 Å². The van der Waals surface area contributed by atoms with Crippen LogP contribution in [0.2, 0.25) is 0 Å². The second kappa shape index (κ2) is 12.2. The zero-order valence-corrected chi connectivity index (χ0v) is 14.0. The fourth-order valence-electron chi connectivity index (χ4n) is 1.68. The van der Waals surface area contributed by atoms with E-state index in [1.165, 1.54) is 27.2 Å². The molecule has 2 heterocycles. The molecule has 3 aromatic rings. The topological polar surface area (TPSA) is 78.4 Å². The molecule has 0 unspecified atom stereocenters. The smallest absolute Gasteiger partial charge is 0.655 e. The summed E-state index contributed by atoms with van der Waals surface area (Å²) in [5, 5.41) is 2.28. The quantitative estimate of drug-likeness (QED) is 0.370. The molecule has 6 nitrogen and oxygen atoms in total. The zero-order valence-electron chi connectivity index (χ0n) is 12.5. The molecular formula is C16H14N2O4Pd. The van der Waals surface area contributed by atoms with Crippen LogP contribution in [0.15, 0.2) is 48.8 Å². The average Bonchev–Trinajstić information content (AvgIpc) is 2.62. The minimum atomic E-state index is 0. The van der Waals surface area contributed by atoms with Crippen LogP contribution in [-0.4, -0.2) is 37.1 Å². The average molecular weight is 405 g/mol. The molecule has 0 N–H and O–H groups in total. The van der Waals surface area contributed by atoms with Crippen molar-refractivity contribution in [1.29, 1.82) is 0 Å². The van der Waals surface area contributed by atoms with Gasteiger partial charge < -0.3 is 19.1 Å². The molecule has 0 amide bonds. The summed E-state index contributed by atoms with van der Waals surface area (Å²) in [6, 6.07) is 12.1. The van der Waals surface area contributed by atoms with Crippen LogP contribution in [0, 0.1) is 0 Å². The van der Waals surface area contributed by atoms with Gasteiger partial charge in [0.1, 0.15) is 0 Å². The monoisotopic (exact) mass is 404 g/mol. The number of fused-ring (bicyclic) bond motifs is 3. The first-order valence-corrected chi connectivity index (χ1v) is 6.17. The Morgan fingerprint density at radius 1 is 0.783 bits per heavy atom. The summed E-state index contributed by atoms with van der Waals surface area (Å²) in [5.41, 5.74) is 1.95. The van der Waals surface area contributed by atoms with Crippen molar-refractivity contribution in [1.82, 2.24) is 9.97 Å². The van der Waals surface area contributed by atoms with Crippen molar-refractivity contribution < 1.29 is 39.5 Å². The SMILES string of the molecule is CO[C-]=O.CO[C-]=O.[Pd+2].c1cnc2c(c1)ccc1cccnc12. The summed E-state index contributed by atoms with van der Waals surface area (Å²) in [5.74, 6) is 0. The molecule has 23 heavy (non-hydrogen) atoms. The van der Waals surface area contributed by atoms with Crippen molar-refractivity contribution in [3.05, 3.63) is 48.8 Å². The van der Waals surface area contributed by atoms with Crippen molar-refractivity contribution in [2.24, 2.45) is 0 Å². The fourth-order valence-corrected chi connectivity index (χ4v) is 1.68. The third-order valence-electron chi connectivity index (χ3n) is 2.51. The van der Waals surface area contributed by atoms with Gasteiger partial charge in [-0.05, 0) is 12.1 Å². The van der Waals surface area contributed by atoms with Gasteiger partial charge in [-0.3, -0.25) is 9.97 Å². The number of rotatable bonds is 2. The van der Waals surface area contributed by atoms with E-state index in [9.17, 15) is 0 Å². The molecule has 0 bridgehead atoms. The molecule has 1 aromatic carbocycles. The minimum Gasteiger partial charge on any atom is -0.655 e. The van der Waals surface area contributed by atoms with Crippen LogP contribution >= 0.6 is 0 Å². The molecule has 0 saturated carbocycles. The molecule has 0 fully saturated rings. The Balaban J connectivity index is 0.000000461. The number of aromatic nitrogens is 2. The predicted octanol–water partition coefficient (Wildman–Crippen LogP) is 2.18. The van der Waals surface area contributed by atoms with Gasteiger partial charge in [-0.1, -0.05) is 37.2 Å². The Morgan fingerprint density at radius 3 is 1.43 bits per heavy atom. The summed E-state index contributed by atoms with van der Waals surface area (Å²) in [6.45, 7) is 2.36. The maximum Gasteiger partial charge on any atom is 2.00 e. The number of hydrogen-bond acceptors (Lipinski definition) is 6. The van der Waals surface area contributed by atoms with Crippen molar-refractivity contribution >= 4 is 34.8 Å². The van der Waals surface area contributed by atoms with Crippen LogP contribution in [0.1, 0.15) is 0 Å². The molecule has 0 atom stereocenters. The first kappa shape index (κ1) is 20.6. The number of ether oxygens (including phenoxy) is 2. The summed E-state index contributed by atoms with van der Waals surface area (Å²) < 4.78 is 7.47. The number of pyridine rings is 2. The maximum absolute atomic E-state index is 8.83. The van der Waals surface area contributed by atoms with Crippen LogP contribution in [0.5, 0.6) is 0 Å². The van der Waals surface area contributed by atoms with E-state index in [1.807, 2.05) is 12.1 Å². The molecule has 0 saturated heterocycles. The Labute approximate surface area is 147 Å². The molecule has 0 aliphatic rings. The molecule has 0 radical (unpaired) electrons. The van der Waals surface area contributed by atoms with E-state index in [0.29, 0.717) is 0 Å². The Bertz CT molecular complexity index is 674. The first-order valence-electron chi connectivity index (χ1n) is 6.17. The van der Waals surface area contributed by atoms with E-state index in [0.717, 1.165) is 21.8 Å². The van der Waals surface area contributed by atoms with Crippen LogP contribution in [0.25, 0.3) is 21.8 Å². The van der Waals surface area contributed by atoms with Crippen LogP contribution < -0.4 is 0 Å². The van der Waals surface area contributed by atoms with E-state index in [4.69, 9.17) is 9.59 Å². The van der Waals surface area contributed by atoms with Gasteiger partial charge >= 0.3 is 20.4 Å². The van der Waals surface area contributed by atoms with Crippen molar-refractivity contribution in [2.75, 3.05) is 14.2 Å². The molecule has 0 aliphatic heterocycles. The third-order valence-corrected chi connectivity index (χ3v) is 2.51. The summed E-state index contributed by atoms with van der Waals surface area (Å²) in [4.78, 5) is 26.3. The molecule has 0 spiro atoms. The molecule has 3 rings (SSSR count). The Kier molecular flexibility index (Phi) is 11.0. The molecular weight excluding hydrogens is 391 g/mol. The van der Waals surface area contributed by atoms with Gasteiger partial charge in [0.2, 0.25) is 0 Å². The van der Waals surface area contributed by atoms with Crippen molar-refractivity contribution in [3.63, 3.8) is 0 Å². The minimum absolute atomic E-state index is 0. The van der Waals surface area contributed by atoms with E-state index >= 15 is 0 Å². The summed E-state index contributed by atoms with van der Waals surface area (Å²) in [7, 11) is 2.51. The van der Waals surface area contributed by atoms with Gasteiger partial charge in [0, 0.05) is 37.4 Å². The maximum atomic E-state index is 8.83. The predicted molar refractivity (Wildman–Crippen MR) is 82.4 cm³/mol. The Morgan fingerprint density at radius 2 is 1.13 bits per heavy atom. The summed E-state index contributed by atoms with van der Waals surface area (Å²) in [6.07, 6.45) is 3.60. The summed E-state index contributed by atoms with van der Waals surface area (Å²) >= 11 is 0. The number of benzene rings is 1. The van der Waals surface area contributed by atoms with E-state index < -0.39 is 0 Å². The first-order chi connectivity index (χ1) is 10.8. The van der Waals surface area contributed by atoms with Crippen LogP contribution in [0.3, 0.4) is 0 Å². The van der Waals surface area contributed by atoms with Crippen LogP contribution in [-0.2, 0) is 39.5 Å².